The molecule has 28 heavy (non-hydrogen) atoms. The van der Waals surface area contributed by atoms with Crippen molar-refractivity contribution in [3.8, 4) is 0 Å². The van der Waals surface area contributed by atoms with Crippen LogP contribution in [-0.4, -0.2) is 36.2 Å². The molecule has 0 aromatic heterocycles. The Labute approximate surface area is 174 Å². The molecule has 0 saturated carbocycles. The quantitative estimate of drug-likeness (QED) is 0.480. The van der Waals surface area contributed by atoms with Crippen molar-refractivity contribution in [1.82, 2.24) is 10.2 Å². The summed E-state index contributed by atoms with van der Waals surface area (Å²) in [5, 5.41) is 3.07. The summed E-state index contributed by atoms with van der Waals surface area (Å²) in [7, 11) is 0. The highest BCUT2D eigenvalue weighted by atomic mass is 32.2. The third kappa shape index (κ3) is 9.43. The lowest BCUT2D eigenvalue weighted by atomic mass is 10.2. The fourth-order valence-electron chi connectivity index (χ4n) is 3.02. The van der Waals surface area contributed by atoms with E-state index in [4.69, 9.17) is 0 Å². The molecule has 0 aliphatic heterocycles. The molecule has 0 unspecified atom stereocenters. The summed E-state index contributed by atoms with van der Waals surface area (Å²) in [5.74, 6) is 1.55. The molecule has 0 bridgehead atoms. The average Bonchev–Trinajstić information content (AvgIpc) is 2.71. The number of nitrogens with zero attached hydrogens (tertiary/aromatic N) is 1. The number of amides is 1. The first-order valence-corrected chi connectivity index (χ1v) is 11.5. The van der Waals surface area contributed by atoms with Gasteiger partial charge in [0.1, 0.15) is 0 Å². The smallest absolute Gasteiger partial charge is 0.230 e. The van der Waals surface area contributed by atoms with Crippen molar-refractivity contribution < 1.29 is 4.79 Å². The number of thioether (sulfide) groups is 1. The van der Waals surface area contributed by atoms with Gasteiger partial charge in [0.25, 0.3) is 0 Å². The predicted molar refractivity (Wildman–Crippen MR) is 122 cm³/mol. The van der Waals surface area contributed by atoms with Crippen LogP contribution in [-0.2, 0) is 17.1 Å². The Balaban J connectivity index is 1.61. The van der Waals surface area contributed by atoms with E-state index in [1.807, 2.05) is 0 Å². The van der Waals surface area contributed by atoms with E-state index in [0.29, 0.717) is 5.75 Å². The topological polar surface area (TPSA) is 32.3 Å². The fraction of sp³-hybridized carbons (Fsp3) is 0.458. The number of hydrogen-bond acceptors (Lipinski definition) is 3. The minimum absolute atomic E-state index is 0.139. The van der Waals surface area contributed by atoms with E-state index in [1.165, 1.54) is 29.5 Å². The van der Waals surface area contributed by atoms with Crippen LogP contribution in [0.4, 0.5) is 0 Å². The van der Waals surface area contributed by atoms with Gasteiger partial charge in [-0.15, -0.1) is 11.8 Å². The van der Waals surface area contributed by atoms with E-state index >= 15 is 0 Å². The molecule has 0 fully saturated rings. The van der Waals surface area contributed by atoms with Gasteiger partial charge in [0.05, 0.1) is 5.75 Å². The zero-order valence-corrected chi connectivity index (χ0v) is 18.1. The molecule has 0 heterocycles. The number of rotatable bonds is 13. The van der Waals surface area contributed by atoms with Crippen LogP contribution in [0.3, 0.4) is 0 Å². The maximum absolute atomic E-state index is 12.0. The molecule has 1 N–H and O–H groups in total. The van der Waals surface area contributed by atoms with Crippen LogP contribution in [0.5, 0.6) is 0 Å². The van der Waals surface area contributed by atoms with Gasteiger partial charge in [0.15, 0.2) is 0 Å². The lowest BCUT2D eigenvalue weighted by Crippen LogP contribution is -2.31. The Hall–Kier alpha value is -1.78. The van der Waals surface area contributed by atoms with Gasteiger partial charge < -0.3 is 5.32 Å². The molecule has 0 saturated heterocycles. The lowest BCUT2D eigenvalue weighted by molar-refractivity contribution is -0.118. The van der Waals surface area contributed by atoms with Crippen molar-refractivity contribution in [1.29, 1.82) is 0 Å². The average molecular weight is 399 g/mol. The highest BCUT2D eigenvalue weighted by Crippen LogP contribution is 2.12. The van der Waals surface area contributed by atoms with Crippen LogP contribution in [0.15, 0.2) is 54.6 Å². The monoisotopic (exact) mass is 398 g/mol. The second-order valence-corrected chi connectivity index (χ2v) is 8.28. The molecule has 0 aliphatic rings. The molecule has 0 spiro atoms. The Bertz CT molecular complexity index is 673. The number of carbonyl (C=O) groups is 1. The van der Waals surface area contributed by atoms with E-state index in [-0.39, 0.29) is 5.91 Å². The molecule has 2 aromatic carbocycles. The number of unbranched alkanes of at least 4 members (excludes halogenated alkanes) is 1. The van der Waals surface area contributed by atoms with E-state index < -0.39 is 0 Å². The zero-order chi connectivity index (χ0) is 20.0. The van der Waals surface area contributed by atoms with Crippen LogP contribution in [0, 0.1) is 6.92 Å². The molecular weight excluding hydrogens is 364 g/mol. The predicted octanol–water partition coefficient (Wildman–Crippen LogP) is 5.04. The highest BCUT2D eigenvalue weighted by Gasteiger charge is 2.06. The number of benzene rings is 2. The summed E-state index contributed by atoms with van der Waals surface area (Å²) < 4.78 is 0. The number of nitrogens with one attached hydrogen (secondary N) is 1. The van der Waals surface area contributed by atoms with Crippen molar-refractivity contribution in [3.05, 3.63) is 71.3 Å². The molecule has 2 aromatic rings. The van der Waals surface area contributed by atoms with Crippen molar-refractivity contribution >= 4 is 17.7 Å². The van der Waals surface area contributed by atoms with Gasteiger partial charge in [0, 0.05) is 25.4 Å². The van der Waals surface area contributed by atoms with E-state index in [0.717, 1.165) is 38.4 Å². The number of aryl methyl sites for hydroxylation is 1. The van der Waals surface area contributed by atoms with Gasteiger partial charge in [-0.25, -0.2) is 0 Å². The third-order valence-electron chi connectivity index (χ3n) is 4.67. The van der Waals surface area contributed by atoms with E-state index in [1.54, 1.807) is 11.8 Å². The molecule has 0 radical (unpaired) electrons. The molecule has 3 nitrogen and oxygen atoms in total. The molecule has 152 valence electrons. The maximum atomic E-state index is 12.0. The van der Waals surface area contributed by atoms with Gasteiger partial charge in [-0.1, -0.05) is 73.5 Å². The first-order valence-electron chi connectivity index (χ1n) is 10.3. The summed E-state index contributed by atoms with van der Waals surface area (Å²) in [5.41, 5.74) is 3.90. The zero-order valence-electron chi connectivity index (χ0n) is 17.3. The Morgan fingerprint density at radius 1 is 0.964 bits per heavy atom. The molecule has 2 rings (SSSR count). The van der Waals surface area contributed by atoms with Crippen LogP contribution < -0.4 is 5.32 Å². The lowest BCUT2D eigenvalue weighted by Gasteiger charge is -2.22. The minimum Gasteiger partial charge on any atom is -0.355 e. The second kappa shape index (κ2) is 13.4. The van der Waals surface area contributed by atoms with Crippen molar-refractivity contribution in [2.45, 2.75) is 45.4 Å². The van der Waals surface area contributed by atoms with Crippen LogP contribution in [0.2, 0.25) is 0 Å². The molecule has 0 aliphatic carbocycles. The normalized spacial score (nSPS) is 11.0. The SMILES string of the molecule is CCCCN(CCCNC(=O)CSCc1ccc(C)cc1)Cc1ccccc1. The summed E-state index contributed by atoms with van der Waals surface area (Å²) in [4.78, 5) is 14.5. The third-order valence-corrected chi connectivity index (χ3v) is 5.68. The van der Waals surface area contributed by atoms with Gasteiger partial charge >= 0.3 is 0 Å². The van der Waals surface area contributed by atoms with Gasteiger partial charge in [-0.05, 0) is 37.4 Å². The van der Waals surface area contributed by atoms with Crippen molar-refractivity contribution in [2.75, 3.05) is 25.4 Å². The number of hydrogen-bond donors (Lipinski definition) is 1. The summed E-state index contributed by atoms with van der Waals surface area (Å²) >= 11 is 1.68. The van der Waals surface area contributed by atoms with Crippen LogP contribution in [0.1, 0.15) is 42.9 Å². The Morgan fingerprint density at radius 2 is 1.68 bits per heavy atom. The van der Waals surface area contributed by atoms with Crippen LogP contribution in [0.25, 0.3) is 0 Å². The molecular formula is C24H34N2OS. The first kappa shape index (κ1) is 22.5. The van der Waals surface area contributed by atoms with E-state index in [2.05, 4.69) is 78.7 Å². The minimum atomic E-state index is 0.139. The van der Waals surface area contributed by atoms with Gasteiger partial charge in [-0.2, -0.15) is 0 Å². The van der Waals surface area contributed by atoms with Crippen molar-refractivity contribution in [2.24, 2.45) is 0 Å². The van der Waals surface area contributed by atoms with Crippen LogP contribution >= 0.6 is 11.8 Å². The molecule has 1 amide bonds. The van der Waals surface area contributed by atoms with Gasteiger partial charge in [-0.3, -0.25) is 9.69 Å². The summed E-state index contributed by atoms with van der Waals surface area (Å²) in [6.45, 7) is 8.20. The highest BCUT2D eigenvalue weighted by molar-refractivity contribution is 7.99. The Morgan fingerprint density at radius 3 is 2.39 bits per heavy atom. The Kier molecular flexibility index (Phi) is 10.8. The standard InChI is InChI=1S/C24H34N2OS/c1-3-4-16-26(18-22-9-6-5-7-10-22)17-8-15-25-24(27)20-28-19-23-13-11-21(2)12-14-23/h5-7,9-14H,3-4,8,15-20H2,1-2H3,(H,25,27). The maximum Gasteiger partial charge on any atom is 0.230 e. The first-order chi connectivity index (χ1) is 13.7. The summed E-state index contributed by atoms with van der Waals surface area (Å²) in [6.07, 6.45) is 3.42. The van der Waals surface area contributed by atoms with Gasteiger partial charge in [0.2, 0.25) is 5.91 Å². The molecule has 4 heteroatoms. The fourth-order valence-corrected chi connectivity index (χ4v) is 3.84. The van der Waals surface area contributed by atoms with E-state index in [9.17, 15) is 4.79 Å². The second-order valence-electron chi connectivity index (χ2n) is 7.30. The summed E-state index contributed by atoms with van der Waals surface area (Å²) in [6, 6.07) is 19.1. The van der Waals surface area contributed by atoms with Crippen molar-refractivity contribution in [3.63, 3.8) is 0 Å². The molecule has 0 atom stereocenters. The number of carbonyl (C=O) groups excluding carboxylic acids is 1. The largest absolute Gasteiger partial charge is 0.355 e.